The highest BCUT2D eigenvalue weighted by Crippen LogP contribution is 2.38. The Bertz CT molecular complexity index is 3240. The lowest BCUT2D eigenvalue weighted by Crippen LogP contribution is -1.94. The molecule has 0 amide bonds. The van der Waals surface area contributed by atoms with Crippen LogP contribution in [0, 0.1) is 0 Å². The minimum absolute atomic E-state index is 1.17. The molecule has 0 N–H and O–H groups in total. The second-order valence-electron chi connectivity index (χ2n) is 14.6. The molecule has 0 fully saturated rings. The summed E-state index contributed by atoms with van der Waals surface area (Å²) in [6, 6.07) is 77.9. The van der Waals surface area contributed by atoms with E-state index in [0.717, 1.165) is 0 Å². The summed E-state index contributed by atoms with van der Waals surface area (Å²) >= 11 is 0. The summed E-state index contributed by atoms with van der Waals surface area (Å²) in [4.78, 5) is 0. The summed E-state index contributed by atoms with van der Waals surface area (Å²) in [6.07, 6.45) is 0. The van der Waals surface area contributed by atoms with E-state index < -0.39 is 0 Å². The Morgan fingerprint density at radius 1 is 0.218 bits per heavy atom. The number of aromatic nitrogens is 1. The van der Waals surface area contributed by atoms with Gasteiger partial charge >= 0.3 is 0 Å². The van der Waals surface area contributed by atoms with Crippen LogP contribution in [0.25, 0.3) is 104 Å². The van der Waals surface area contributed by atoms with Crippen LogP contribution < -0.4 is 0 Å². The molecule has 0 radical (unpaired) electrons. The maximum atomic E-state index is 2.43. The van der Waals surface area contributed by atoms with Crippen LogP contribution in [0.5, 0.6) is 0 Å². The SMILES string of the molecule is c1ccc(-c2ccc3c4cc(-c5ccc(-c6ccc7cc(-c8ccc9ccccc9c8)ccc7c6)cc5)ccc4n(-c4ccc5ccccc5c4)c3c2)cc1. The maximum Gasteiger partial charge on any atom is 0.0547 e. The summed E-state index contributed by atoms with van der Waals surface area (Å²) in [7, 11) is 0. The van der Waals surface area contributed by atoms with E-state index in [1.54, 1.807) is 0 Å². The van der Waals surface area contributed by atoms with Crippen LogP contribution in [0.3, 0.4) is 0 Å². The molecule has 0 saturated heterocycles. The van der Waals surface area contributed by atoms with Crippen molar-refractivity contribution in [3.8, 4) is 50.2 Å². The van der Waals surface area contributed by atoms with E-state index in [2.05, 4.69) is 217 Å². The topological polar surface area (TPSA) is 4.93 Å². The standard InChI is InChI=1S/C54H35N/c1-2-8-36(9-3-1)49-25-28-51-52-34-48(26-29-53(52)55(54(51)35-49)50-27-24-38-11-5-7-13-42(38)33-50)40-16-14-39(15-17-40)43-20-21-46-32-47(23-22-45(46)31-43)44-19-18-37-10-4-6-12-41(37)30-44/h1-35H. The van der Waals surface area contributed by atoms with Gasteiger partial charge in [-0.2, -0.15) is 0 Å². The Morgan fingerprint density at radius 2 is 0.636 bits per heavy atom. The number of hydrogen-bond donors (Lipinski definition) is 0. The molecule has 1 nitrogen and oxygen atoms in total. The van der Waals surface area contributed by atoms with Gasteiger partial charge in [-0.3, -0.25) is 0 Å². The summed E-state index contributed by atoms with van der Waals surface area (Å²) in [5.74, 6) is 0. The van der Waals surface area contributed by atoms with Crippen molar-refractivity contribution in [2.45, 2.75) is 0 Å². The summed E-state index contributed by atoms with van der Waals surface area (Å²) in [5.41, 5.74) is 13.4. The third kappa shape index (κ3) is 5.48. The fraction of sp³-hybridized carbons (Fsp3) is 0. The van der Waals surface area contributed by atoms with Crippen molar-refractivity contribution in [3.05, 3.63) is 212 Å². The van der Waals surface area contributed by atoms with Crippen LogP contribution in [0.4, 0.5) is 0 Å². The molecule has 0 aliphatic rings. The average molecular weight is 698 g/mol. The van der Waals surface area contributed by atoms with Gasteiger partial charge in [0.15, 0.2) is 0 Å². The van der Waals surface area contributed by atoms with Crippen molar-refractivity contribution in [3.63, 3.8) is 0 Å². The summed E-state index contributed by atoms with van der Waals surface area (Å²) in [5, 5.41) is 10.0. The van der Waals surface area contributed by atoms with E-state index in [0.29, 0.717) is 0 Å². The van der Waals surface area contributed by atoms with Gasteiger partial charge in [-0.05, 0) is 125 Å². The molecule has 0 aliphatic heterocycles. The molecule has 0 unspecified atom stereocenters. The molecule has 11 rings (SSSR count). The van der Waals surface area contributed by atoms with Gasteiger partial charge in [0, 0.05) is 16.5 Å². The predicted octanol–water partition coefficient (Wildman–Crippen LogP) is 14.9. The van der Waals surface area contributed by atoms with Crippen LogP contribution >= 0.6 is 0 Å². The molecule has 55 heavy (non-hydrogen) atoms. The molecule has 1 heterocycles. The van der Waals surface area contributed by atoms with Crippen molar-refractivity contribution in [1.82, 2.24) is 4.57 Å². The predicted molar refractivity (Wildman–Crippen MR) is 235 cm³/mol. The third-order valence-corrected chi connectivity index (χ3v) is 11.3. The smallest absolute Gasteiger partial charge is 0.0547 e. The van der Waals surface area contributed by atoms with E-state index >= 15 is 0 Å². The number of nitrogens with zero attached hydrogens (tertiary/aromatic N) is 1. The lowest BCUT2D eigenvalue weighted by atomic mass is 9.95. The molecule has 1 aromatic heterocycles. The maximum absolute atomic E-state index is 2.43. The van der Waals surface area contributed by atoms with E-state index in [1.807, 2.05) is 0 Å². The average Bonchev–Trinajstić information content (AvgIpc) is 3.59. The zero-order valence-electron chi connectivity index (χ0n) is 30.2. The molecular formula is C54H35N. The van der Waals surface area contributed by atoms with Crippen molar-refractivity contribution >= 4 is 54.1 Å². The third-order valence-electron chi connectivity index (χ3n) is 11.3. The Hall–Kier alpha value is -7.22. The second-order valence-corrected chi connectivity index (χ2v) is 14.6. The van der Waals surface area contributed by atoms with Crippen LogP contribution in [0.1, 0.15) is 0 Å². The first kappa shape index (κ1) is 31.3. The highest BCUT2D eigenvalue weighted by molar-refractivity contribution is 6.11. The van der Waals surface area contributed by atoms with Gasteiger partial charge in [-0.1, -0.05) is 164 Å². The normalized spacial score (nSPS) is 11.6. The molecule has 10 aromatic carbocycles. The lowest BCUT2D eigenvalue weighted by molar-refractivity contribution is 1.19. The van der Waals surface area contributed by atoms with Crippen LogP contribution in [0.15, 0.2) is 212 Å². The highest BCUT2D eigenvalue weighted by atomic mass is 15.0. The molecule has 1 heteroatoms. The van der Waals surface area contributed by atoms with Gasteiger partial charge in [0.1, 0.15) is 0 Å². The number of benzene rings is 10. The van der Waals surface area contributed by atoms with Gasteiger partial charge in [-0.25, -0.2) is 0 Å². The fourth-order valence-corrected chi connectivity index (χ4v) is 8.43. The first-order chi connectivity index (χ1) is 27.2. The molecule has 11 aromatic rings. The Kier molecular flexibility index (Phi) is 7.25. The van der Waals surface area contributed by atoms with E-state index in [9.17, 15) is 0 Å². The Labute approximate surface area is 320 Å². The lowest BCUT2D eigenvalue weighted by Gasteiger charge is -2.11. The quantitative estimate of drug-likeness (QED) is 0.169. The minimum atomic E-state index is 1.17. The number of fused-ring (bicyclic) bond motifs is 6. The number of rotatable bonds is 5. The second kappa shape index (κ2) is 12.7. The zero-order chi connectivity index (χ0) is 36.3. The minimum Gasteiger partial charge on any atom is -0.309 e. The van der Waals surface area contributed by atoms with Gasteiger partial charge in [0.25, 0.3) is 0 Å². The van der Waals surface area contributed by atoms with Gasteiger partial charge < -0.3 is 4.57 Å². The monoisotopic (exact) mass is 697 g/mol. The Morgan fingerprint density at radius 3 is 1.29 bits per heavy atom. The van der Waals surface area contributed by atoms with Crippen LogP contribution in [-0.4, -0.2) is 4.57 Å². The molecule has 0 saturated carbocycles. The van der Waals surface area contributed by atoms with Crippen LogP contribution in [0.2, 0.25) is 0 Å². The molecular weight excluding hydrogens is 663 g/mol. The van der Waals surface area contributed by atoms with Crippen molar-refractivity contribution in [2.75, 3.05) is 0 Å². The summed E-state index contributed by atoms with van der Waals surface area (Å²) in [6.45, 7) is 0. The fourth-order valence-electron chi connectivity index (χ4n) is 8.43. The largest absolute Gasteiger partial charge is 0.309 e. The first-order valence-corrected chi connectivity index (χ1v) is 19.0. The first-order valence-electron chi connectivity index (χ1n) is 19.0. The molecule has 0 spiro atoms. The van der Waals surface area contributed by atoms with Crippen molar-refractivity contribution in [2.24, 2.45) is 0 Å². The summed E-state index contributed by atoms with van der Waals surface area (Å²) < 4.78 is 2.43. The molecule has 0 bridgehead atoms. The van der Waals surface area contributed by atoms with Crippen molar-refractivity contribution < 1.29 is 0 Å². The van der Waals surface area contributed by atoms with Gasteiger partial charge in [-0.15, -0.1) is 0 Å². The molecule has 0 atom stereocenters. The van der Waals surface area contributed by atoms with E-state index in [-0.39, 0.29) is 0 Å². The Balaban J connectivity index is 0.953. The molecule has 256 valence electrons. The zero-order valence-corrected chi connectivity index (χ0v) is 30.2. The van der Waals surface area contributed by atoms with Gasteiger partial charge in [0.2, 0.25) is 0 Å². The number of hydrogen-bond acceptors (Lipinski definition) is 0. The molecule has 0 aliphatic carbocycles. The van der Waals surface area contributed by atoms with Crippen LogP contribution in [-0.2, 0) is 0 Å². The highest BCUT2D eigenvalue weighted by Gasteiger charge is 2.15. The van der Waals surface area contributed by atoms with Crippen molar-refractivity contribution in [1.29, 1.82) is 0 Å². The van der Waals surface area contributed by atoms with E-state index in [4.69, 9.17) is 0 Å². The van der Waals surface area contributed by atoms with Gasteiger partial charge in [0.05, 0.1) is 11.0 Å². The van der Waals surface area contributed by atoms with E-state index in [1.165, 1.54) is 104 Å².